The van der Waals surface area contributed by atoms with Crippen molar-refractivity contribution in [1.29, 1.82) is 0 Å². The molecule has 0 aliphatic rings. The molecular formula is C27H25FN6O5. The number of nitrogens with one attached hydrogen (secondary N) is 3. The molecule has 0 bridgehead atoms. The molecule has 0 radical (unpaired) electrons. The Hall–Kier alpha value is -5.26. The third kappa shape index (κ3) is 5.39. The van der Waals surface area contributed by atoms with Crippen LogP contribution in [0.5, 0.6) is 0 Å². The van der Waals surface area contributed by atoms with E-state index in [1.807, 2.05) is 0 Å². The summed E-state index contributed by atoms with van der Waals surface area (Å²) in [6, 6.07) is 11.9. The molecule has 0 saturated heterocycles. The van der Waals surface area contributed by atoms with E-state index in [0.29, 0.717) is 29.1 Å². The first-order valence-corrected chi connectivity index (χ1v) is 11.8. The second-order valence-electron chi connectivity index (χ2n) is 8.45. The monoisotopic (exact) mass is 532 g/mol. The lowest BCUT2D eigenvalue weighted by Gasteiger charge is -2.15. The number of carbonyl (C=O) groups is 3. The summed E-state index contributed by atoms with van der Waals surface area (Å²) in [6.07, 6.45) is 1.28. The summed E-state index contributed by atoms with van der Waals surface area (Å²) >= 11 is 0. The molecule has 4 aromatic rings. The zero-order chi connectivity index (χ0) is 28.3. The largest absolute Gasteiger partial charge is 0.383 e. The fraction of sp³-hybridized carbons (Fsp3) is 0.148. The van der Waals surface area contributed by atoms with E-state index in [4.69, 9.17) is 10.3 Å². The fourth-order valence-electron chi connectivity index (χ4n) is 4.03. The topological polar surface area (TPSA) is 161 Å². The van der Waals surface area contributed by atoms with Gasteiger partial charge in [0, 0.05) is 25.5 Å². The van der Waals surface area contributed by atoms with Crippen molar-refractivity contribution in [3.05, 3.63) is 93.5 Å². The number of nitrogens with zero attached hydrogens (tertiary/aromatic N) is 2. The Kier molecular flexibility index (Phi) is 7.56. The Bertz CT molecular complexity index is 1640. The molecule has 39 heavy (non-hydrogen) atoms. The summed E-state index contributed by atoms with van der Waals surface area (Å²) in [6.45, 7) is 3.81. The number of pyridine rings is 1. The fourth-order valence-corrected chi connectivity index (χ4v) is 4.03. The van der Waals surface area contributed by atoms with Crippen molar-refractivity contribution in [2.45, 2.75) is 13.8 Å². The van der Waals surface area contributed by atoms with Gasteiger partial charge in [-0.15, -0.1) is 0 Å². The lowest BCUT2D eigenvalue weighted by Crippen LogP contribution is -2.22. The third-order valence-corrected chi connectivity index (χ3v) is 5.83. The summed E-state index contributed by atoms with van der Waals surface area (Å²) in [5.74, 6) is -2.83. The van der Waals surface area contributed by atoms with Crippen molar-refractivity contribution >= 4 is 34.8 Å². The first kappa shape index (κ1) is 26.8. The average molecular weight is 533 g/mol. The SMILES string of the molecule is CCNc1c(C(=O)Nc2ccc(-c3c(C)on(C)c3=O)cc2)ccnc1C(=O)Nc1cccc(C(N)=O)c1F. The number of aromatic nitrogens is 2. The predicted molar refractivity (Wildman–Crippen MR) is 143 cm³/mol. The van der Waals surface area contributed by atoms with Gasteiger partial charge in [0.05, 0.1) is 28.1 Å². The van der Waals surface area contributed by atoms with Crippen LogP contribution in [0, 0.1) is 12.7 Å². The number of hydrogen-bond donors (Lipinski definition) is 4. The van der Waals surface area contributed by atoms with E-state index in [9.17, 15) is 23.6 Å². The zero-order valence-electron chi connectivity index (χ0n) is 21.3. The van der Waals surface area contributed by atoms with Crippen molar-refractivity contribution in [1.82, 2.24) is 9.72 Å². The highest BCUT2D eigenvalue weighted by Crippen LogP contribution is 2.25. The molecule has 5 N–H and O–H groups in total. The highest BCUT2D eigenvalue weighted by molar-refractivity contribution is 6.14. The summed E-state index contributed by atoms with van der Waals surface area (Å²) in [4.78, 5) is 54.1. The van der Waals surface area contributed by atoms with Crippen molar-refractivity contribution in [2.24, 2.45) is 12.8 Å². The molecule has 0 fully saturated rings. The van der Waals surface area contributed by atoms with Gasteiger partial charge < -0.3 is 26.2 Å². The molecular weight excluding hydrogens is 507 g/mol. The maximum absolute atomic E-state index is 14.6. The molecule has 3 amide bonds. The smallest absolute Gasteiger partial charge is 0.290 e. The Labute approximate surface area is 221 Å². The van der Waals surface area contributed by atoms with E-state index in [1.165, 1.54) is 37.5 Å². The highest BCUT2D eigenvalue weighted by atomic mass is 19.1. The van der Waals surface area contributed by atoms with Crippen LogP contribution in [0.15, 0.2) is 64.0 Å². The number of anilines is 3. The van der Waals surface area contributed by atoms with Gasteiger partial charge >= 0.3 is 0 Å². The van der Waals surface area contributed by atoms with E-state index < -0.39 is 23.5 Å². The number of primary amides is 1. The van der Waals surface area contributed by atoms with Crippen LogP contribution in [-0.2, 0) is 7.05 Å². The molecule has 12 heteroatoms. The lowest BCUT2D eigenvalue weighted by atomic mass is 10.1. The molecule has 4 rings (SSSR count). The van der Waals surface area contributed by atoms with Gasteiger partial charge in [0.15, 0.2) is 11.5 Å². The number of carbonyl (C=O) groups excluding carboxylic acids is 3. The minimum atomic E-state index is -0.982. The minimum absolute atomic E-state index is 0.118. The highest BCUT2D eigenvalue weighted by Gasteiger charge is 2.23. The number of nitrogens with two attached hydrogens (primary N) is 1. The number of aryl methyl sites for hydroxylation is 2. The molecule has 0 atom stereocenters. The molecule has 0 aliphatic heterocycles. The molecule has 0 saturated carbocycles. The van der Waals surface area contributed by atoms with Crippen LogP contribution in [0.3, 0.4) is 0 Å². The van der Waals surface area contributed by atoms with E-state index in [2.05, 4.69) is 20.9 Å². The van der Waals surface area contributed by atoms with Gasteiger partial charge in [-0.2, -0.15) is 4.74 Å². The summed E-state index contributed by atoms with van der Waals surface area (Å²) in [7, 11) is 1.52. The van der Waals surface area contributed by atoms with Crippen LogP contribution < -0.4 is 27.2 Å². The Morgan fingerprint density at radius 2 is 1.74 bits per heavy atom. The van der Waals surface area contributed by atoms with Gasteiger partial charge in [0.1, 0.15) is 5.76 Å². The Morgan fingerprint density at radius 3 is 2.36 bits per heavy atom. The molecule has 11 nitrogen and oxygen atoms in total. The molecule has 200 valence electrons. The van der Waals surface area contributed by atoms with Crippen LogP contribution >= 0.6 is 0 Å². The quantitative estimate of drug-likeness (QED) is 0.270. The van der Waals surface area contributed by atoms with Crippen molar-refractivity contribution in [2.75, 3.05) is 22.5 Å². The number of halogens is 1. The van der Waals surface area contributed by atoms with E-state index in [1.54, 1.807) is 38.1 Å². The molecule has 2 aromatic heterocycles. The molecule has 2 heterocycles. The van der Waals surface area contributed by atoms with E-state index >= 15 is 0 Å². The third-order valence-electron chi connectivity index (χ3n) is 5.83. The summed E-state index contributed by atoms with van der Waals surface area (Å²) < 4.78 is 21.1. The molecule has 0 spiro atoms. The first-order chi connectivity index (χ1) is 18.6. The Morgan fingerprint density at radius 1 is 1.03 bits per heavy atom. The van der Waals surface area contributed by atoms with Gasteiger partial charge in [-0.3, -0.25) is 19.2 Å². The van der Waals surface area contributed by atoms with Gasteiger partial charge in [-0.1, -0.05) is 18.2 Å². The first-order valence-electron chi connectivity index (χ1n) is 11.8. The normalized spacial score (nSPS) is 10.7. The lowest BCUT2D eigenvalue weighted by molar-refractivity contribution is 0.0989. The van der Waals surface area contributed by atoms with Gasteiger partial charge in [0.2, 0.25) is 0 Å². The Balaban J connectivity index is 1.59. The van der Waals surface area contributed by atoms with Gasteiger partial charge in [0.25, 0.3) is 23.3 Å². The van der Waals surface area contributed by atoms with Crippen molar-refractivity contribution < 1.29 is 23.3 Å². The van der Waals surface area contributed by atoms with E-state index in [-0.39, 0.29) is 33.8 Å². The number of amides is 3. The molecule has 0 aliphatic carbocycles. The number of benzene rings is 2. The standard InChI is InChI=1S/C27H25FN6O5/c1-4-30-22-18(12-13-31-23(22)26(37)33-19-7-5-6-17(21(19)28)24(29)35)25(36)32-16-10-8-15(9-11-16)20-14(2)39-34(3)27(20)38/h5-13,30H,4H2,1-3H3,(H2,29,35)(H,32,36)(H,33,37). The predicted octanol–water partition coefficient (Wildman–Crippen LogP) is 3.52. The van der Waals surface area contributed by atoms with Crippen LogP contribution in [0.2, 0.25) is 0 Å². The van der Waals surface area contributed by atoms with Crippen LogP contribution in [0.1, 0.15) is 43.9 Å². The second kappa shape index (κ2) is 11.0. The summed E-state index contributed by atoms with van der Waals surface area (Å²) in [5.41, 5.74) is 5.85. The van der Waals surface area contributed by atoms with Gasteiger partial charge in [-0.05, 0) is 49.7 Å². The van der Waals surface area contributed by atoms with E-state index in [0.717, 1.165) is 4.74 Å². The molecule has 0 unspecified atom stereocenters. The van der Waals surface area contributed by atoms with Gasteiger partial charge in [-0.25, -0.2) is 9.37 Å². The maximum Gasteiger partial charge on any atom is 0.290 e. The zero-order valence-corrected chi connectivity index (χ0v) is 21.3. The number of rotatable bonds is 8. The number of hydrogen-bond acceptors (Lipinski definition) is 7. The van der Waals surface area contributed by atoms with Crippen LogP contribution in [-0.4, -0.2) is 34.0 Å². The van der Waals surface area contributed by atoms with Crippen LogP contribution in [0.4, 0.5) is 21.5 Å². The average Bonchev–Trinajstić information content (AvgIpc) is 3.16. The summed E-state index contributed by atoms with van der Waals surface area (Å²) in [5, 5.41) is 8.10. The molecule has 2 aromatic carbocycles. The van der Waals surface area contributed by atoms with Crippen molar-refractivity contribution in [3.63, 3.8) is 0 Å². The van der Waals surface area contributed by atoms with Crippen LogP contribution in [0.25, 0.3) is 11.1 Å². The minimum Gasteiger partial charge on any atom is -0.383 e. The maximum atomic E-state index is 14.6. The second-order valence-corrected chi connectivity index (χ2v) is 8.45. The van der Waals surface area contributed by atoms with Crippen molar-refractivity contribution in [3.8, 4) is 11.1 Å².